The lowest BCUT2D eigenvalue weighted by Crippen LogP contribution is -2.23. The molecule has 0 unspecified atom stereocenters. The Morgan fingerprint density at radius 1 is 0.531 bits per heavy atom. The molecule has 0 bridgehead atoms. The fourth-order valence-electron chi connectivity index (χ4n) is 11.5. The van der Waals surface area contributed by atoms with Gasteiger partial charge in [-0.05, 0) is 228 Å². The summed E-state index contributed by atoms with van der Waals surface area (Å²) in [6.07, 6.45) is 22.1. The highest BCUT2D eigenvalue weighted by atomic mass is 16.5. The minimum absolute atomic E-state index is 0.188. The van der Waals surface area contributed by atoms with Crippen molar-refractivity contribution >= 4 is 5.57 Å². The molecule has 5 aromatic rings. The number of phenolic OH excluding ortho intramolecular Hbond substituents is 2. The van der Waals surface area contributed by atoms with Gasteiger partial charge in [0.25, 0.3) is 0 Å². The van der Waals surface area contributed by atoms with Crippen LogP contribution in [0.3, 0.4) is 0 Å². The average molecular weight is 853 g/mol. The lowest BCUT2D eigenvalue weighted by molar-refractivity contribution is 0.131. The topological polar surface area (TPSA) is 58.9 Å². The van der Waals surface area contributed by atoms with E-state index in [-0.39, 0.29) is 12.2 Å². The van der Waals surface area contributed by atoms with Crippen LogP contribution >= 0.6 is 0 Å². The van der Waals surface area contributed by atoms with Crippen LogP contribution in [0, 0.1) is 13.8 Å². The van der Waals surface area contributed by atoms with E-state index in [2.05, 4.69) is 82.8 Å². The summed E-state index contributed by atoms with van der Waals surface area (Å²) in [5.41, 5.74) is 19.7. The molecule has 4 heteroatoms. The van der Waals surface area contributed by atoms with Crippen LogP contribution in [-0.4, -0.2) is 22.4 Å². The molecule has 1 saturated carbocycles. The van der Waals surface area contributed by atoms with Crippen molar-refractivity contribution in [3.8, 4) is 56.4 Å². The summed E-state index contributed by atoms with van der Waals surface area (Å²) in [6.45, 7) is 13.1. The number of hydrogen-bond acceptors (Lipinski definition) is 4. The number of ether oxygens (including phenoxy) is 2. The molecule has 1 fully saturated rings. The number of aromatic hydroxyl groups is 2. The van der Waals surface area contributed by atoms with Gasteiger partial charge in [-0.25, -0.2) is 0 Å². The fourth-order valence-corrected chi connectivity index (χ4v) is 11.5. The van der Waals surface area contributed by atoms with E-state index in [1.165, 1.54) is 83.9 Å². The second kappa shape index (κ2) is 19.3. The Bertz CT molecular complexity index is 2590. The van der Waals surface area contributed by atoms with Crippen LogP contribution in [0.2, 0.25) is 0 Å². The third-order valence-electron chi connectivity index (χ3n) is 14.4. The molecular weight excluding hydrogens is 785 g/mol. The first-order valence-corrected chi connectivity index (χ1v) is 24.6. The van der Waals surface area contributed by atoms with Crippen molar-refractivity contribution in [2.75, 3.05) is 0 Å². The van der Waals surface area contributed by atoms with Gasteiger partial charge in [0.2, 0.25) is 0 Å². The first-order valence-electron chi connectivity index (χ1n) is 24.6. The highest BCUT2D eigenvalue weighted by Gasteiger charge is 2.28. The van der Waals surface area contributed by atoms with Crippen molar-refractivity contribution < 1.29 is 19.7 Å². The lowest BCUT2D eigenvalue weighted by atomic mass is 9.76. The third-order valence-corrected chi connectivity index (χ3v) is 14.4. The molecule has 4 aliphatic rings. The lowest BCUT2D eigenvalue weighted by Gasteiger charge is -2.29. The molecule has 4 nitrogen and oxygen atoms in total. The molecule has 64 heavy (non-hydrogen) atoms. The van der Waals surface area contributed by atoms with Gasteiger partial charge in [-0.1, -0.05) is 61.5 Å². The highest BCUT2D eigenvalue weighted by Crippen LogP contribution is 2.49. The molecule has 0 spiro atoms. The molecule has 9 rings (SSSR count). The quantitative estimate of drug-likeness (QED) is 0.147. The minimum Gasteiger partial charge on any atom is -0.507 e. The molecule has 2 N–H and O–H groups in total. The van der Waals surface area contributed by atoms with Gasteiger partial charge < -0.3 is 19.7 Å². The van der Waals surface area contributed by atoms with Crippen LogP contribution in [0.15, 0.2) is 108 Å². The highest BCUT2D eigenvalue weighted by molar-refractivity contribution is 5.91. The zero-order chi connectivity index (χ0) is 44.3. The summed E-state index contributed by atoms with van der Waals surface area (Å²) < 4.78 is 13.6. The Morgan fingerprint density at radius 2 is 1.03 bits per heavy atom. The van der Waals surface area contributed by atoms with Gasteiger partial charge in [-0.15, -0.1) is 0 Å². The molecule has 0 aliphatic heterocycles. The smallest absolute Gasteiger partial charge is 0.131 e. The Balaban J connectivity index is 0.982. The van der Waals surface area contributed by atoms with Gasteiger partial charge in [0, 0.05) is 39.8 Å². The monoisotopic (exact) mass is 853 g/mol. The van der Waals surface area contributed by atoms with Gasteiger partial charge >= 0.3 is 0 Å². The maximum Gasteiger partial charge on any atom is 0.131 e. The molecule has 0 heterocycles. The zero-order valence-electron chi connectivity index (χ0n) is 38.9. The summed E-state index contributed by atoms with van der Waals surface area (Å²) >= 11 is 0. The first kappa shape index (κ1) is 43.8. The van der Waals surface area contributed by atoms with Gasteiger partial charge in [-0.2, -0.15) is 0 Å². The number of para-hydroxylation sites is 2. The van der Waals surface area contributed by atoms with Crippen molar-refractivity contribution in [1.82, 2.24) is 0 Å². The zero-order valence-corrected chi connectivity index (χ0v) is 38.9. The predicted molar refractivity (Wildman–Crippen MR) is 266 cm³/mol. The maximum absolute atomic E-state index is 12.3. The third kappa shape index (κ3) is 9.08. The van der Waals surface area contributed by atoms with E-state index in [0.29, 0.717) is 17.9 Å². The number of fused-ring (bicyclic) bond motifs is 3. The predicted octanol–water partition coefficient (Wildman–Crippen LogP) is 15.9. The standard InChI is InChI=1S/C60H68O4/c1-38-32-51(59(61)53(34-38)57-40(3)20-8-6-7-9-21-43-22-10-13-25-46(43)57)49-28-16-18-30-55(49)63-41(4)36-42(5)64-56-31-19-17-29-50(56)52-33-39(2)35-54(60(52)62)58-47-26-14-11-23-44(47)37-45-24-12-15-27-48(45)58/h16-19,21,28-35,37,41-42,61-62H,3,6-15,20,22-27,36H2,1-2,4-5H3/b43-21-,57-46?/t41-,42-/m0/s1. The van der Waals surface area contributed by atoms with Crippen molar-refractivity contribution in [2.45, 2.75) is 155 Å². The van der Waals surface area contributed by atoms with Crippen LogP contribution in [0.25, 0.3) is 39.0 Å². The average Bonchev–Trinajstić information content (AvgIpc) is 3.29. The van der Waals surface area contributed by atoms with Gasteiger partial charge in [-0.3, -0.25) is 0 Å². The van der Waals surface area contributed by atoms with Gasteiger partial charge in [0.15, 0.2) is 0 Å². The molecule has 4 aliphatic carbocycles. The first-order chi connectivity index (χ1) is 31.1. The van der Waals surface area contributed by atoms with Crippen LogP contribution in [0.4, 0.5) is 0 Å². The van der Waals surface area contributed by atoms with Crippen molar-refractivity contribution in [3.63, 3.8) is 0 Å². The molecule has 0 amide bonds. The Kier molecular flexibility index (Phi) is 13.2. The second-order valence-electron chi connectivity index (χ2n) is 19.4. The molecule has 0 saturated heterocycles. The molecule has 0 aromatic heterocycles. The van der Waals surface area contributed by atoms with E-state index in [1.54, 1.807) is 0 Å². The normalized spacial score (nSPS) is 18.5. The van der Waals surface area contributed by atoms with Crippen molar-refractivity contribution in [3.05, 3.63) is 147 Å². The number of phenols is 2. The largest absolute Gasteiger partial charge is 0.507 e. The molecule has 2 atom stereocenters. The van der Waals surface area contributed by atoms with E-state index >= 15 is 0 Å². The van der Waals surface area contributed by atoms with E-state index in [9.17, 15) is 10.2 Å². The molecule has 0 radical (unpaired) electrons. The van der Waals surface area contributed by atoms with Crippen molar-refractivity contribution in [2.24, 2.45) is 0 Å². The van der Waals surface area contributed by atoms with E-state index in [0.717, 1.165) is 131 Å². The molecule has 332 valence electrons. The van der Waals surface area contributed by atoms with E-state index in [4.69, 9.17) is 9.47 Å². The van der Waals surface area contributed by atoms with Crippen LogP contribution in [-0.2, 0) is 25.7 Å². The Hall–Kier alpha value is -5.48. The van der Waals surface area contributed by atoms with Crippen LogP contribution in [0.5, 0.6) is 23.0 Å². The maximum atomic E-state index is 12.3. The Labute approximate surface area is 382 Å². The summed E-state index contributed by atoms with van der Waals surface area (Å²) in [7, 11) is 0. The summed E-state index contributed by atoms with van der Waals surface area (Å²) in [5.74, 6) is 2.12. The van der Waals surface area contributed by atoms with Crippen LogP contribution in [0.1, 0.15) is 143 Å². The summed E-state index contributed by atoms with van der Waals surface area (Å²) in [4.78, 5) is 0. The minimum atomic E-state index is -0.193. The van der Waals surface area contributed by atoms with Crippen molar-refractivity contribution in [1.29, 1.82) is 0 Å². The summed E-state index contributed by atoms with van der Waals surface area (Å²) in [6, 6.07) is 27.3. The van der Waals surface area contributed by atoms with Crippen LogP contribution < -0.4 is 9.47 Å². The number of aryl methyl sites for hydroxylation is 4. The van der Waals surface area contributed by atoms with Gasteiger partial charge in [0.05, 0.1) is 12.2 Å². The van der Waals surface area contributed by atoms with E-state index in [1.807, 2.05) is 36.4 Å². The number of rotatable bonds is 10. The second-order valence-corrected chi connectivity index (χ2v) is 19.4. The SMILES string of the molecule is C=C1CCCCC/C=C2/CCCCC2=C1c1cc(C)cc(-c2ccccc2O[C@@H](C)C[C@H](C)Oc2ccccc2-c2cc(C)cc(-c3c4c(cc5c3CCCC5)CCCC4)c2O)c1O. The number of benzene rings is 5. The van der Waals surface area contributed by atoms with E-state index < -0.39 is 0 Å². The number of hydrogen-bond donors (Lipinski definition) is 2. The Morgan fingerprint density at radius 3 is 1.66 bits per heavy atom. The molecular formula is C60H68O4. The van der Waals surface area contributed by atoms with Gasteiger partial charge in [0.1, 0.15) is 23.0 Å². The number of allylic oxidation sites excluding steroid dienone is 5. The fraction of sp³-hybridized carbons (Fsp3) is 0.400. The summed E-state index contributed by atoms with van der Waals surface area (Å²) in [5, 5.41) is 24.7. The molecule has 5 aromatic carbocycles.